The molecule has 2 aliphatic heterocycles. The molecular formula is C9H17N. The molecule has 1 nitrogen and oxygen atoms in total. The molecule has 2 fully saturated rings. The van der Waals surface area contributed by atoms with Crippen LogP contribution in [-0.4, -0.2) is 23.5 Å². The molecule has 2 aliphatic rings. The maximum atomic E-state index is 2.65. The van der Waals surface area contributed by atoms with E-state index in [1.807, 2.05) is 0 Å². The van der Waals surface area contributed by atoms with E-state index in [0.717, 1.165) is 12.1 Å². The van der Waals surface area contributed by atoms with E-state index in [9.17, 15) is 0 Å². The van der Waals surface area contributed by atoms with Crippen LogP contribution in [0.5, 0.6) is 0 Å². The second kappa shape index (κ2) is 1.76. The van der Waals surface area contributed by atoms with Crippen molar-refractivity contribution in [1.82, 2.24) is 4.90 Å². The van der Waals surface area contributed by atoms with Crippen LogP contribution in [0, 0.1) is 5.41 Å². The van der Waals surface area contributed by atoms with Crippen molar-refractivity contribution in [2.24, 2.45) is 5.41 Å². The molecule has 0 saturated carbocycles. The summed E-state index contributed by atoms with van der Waals surface area (Å²) in [6, 6.07) is 1.77. The molecule has 2 rings (SSSR count). The van der Waals surface area contributed by atoms with Gasteiger partial charge in [0, 0.05) is 18.6 Å². The molecule has 0 spiro atoms. The zero-order chi connectivity index (χ0) is 7.35. The molecule has 58 valence electrons. The molecule has 0 radical (unpaired) electrons. The normalized spacial score (nSPS) is 44.7. The highest BCUT2D eigenvalue weighted by molar-refractivity contribution is 5.03. The van der Waals surface area contributed by atoms with Gasteiger partial charge in [-0.05, 0) is 25.2 Å². The SMILES string of the molecule is CC1CC(C)(C)C2CCN12. The van der Waals surface area contributed by atoms with Crippen molar-refractivity contribution in [1.29, 1.82) is 0 Å². The first-order chi connectivity index (χ1) is 4.61. The molecule has 0 N–H and O–H groups in total. The maximum Gasteiger partial charge on any atom is 0.0162 e. The lowest BCUT2D eigenvalue weighted by Crippen LogP contribution is -2.50. The van der Waals surface area contributed by atoms with Crippen LogP contribution in [0.3, 0.4) is 0 Å². The van der Waals surface area contributed by atoms with Crippen LogP contribution < -0.4 is 0 Å². The minimum atomic E-state index is 0.609. The molecule has 2 heterocycles. The van der Waals surface area contributed by atoms with Gasteiger partial charge in [0.2, 0.25) is 0 Å². The summed E-state index contributed by atoms with van der Waals surface area (Å²) < 4.78 is 0. The fourth-order valence-electron chi connectivity index (χ4n) is 2.79. The monoisotopic (exact) mass is 139 g/mol. The van der Waals surface area contributed by atoms with E-state index >= 15 is 0 Å². The molecule has 0 aromatic carbocycles. The van der Waals surface area contributed by atoms with Gasteiger partial charge in [0.25, 0.3) is 0 Å². The molecule has 2 unspecified atom stereocenters. The average molecular weight is 139 g/mol. The summed E-state index contributed by atoms with van der Waals surface area (Å²) in [5, 5.41) is 0. The summed E-state index contributed by atoms with van der Waals surface area (Å²) in [6.07, 6.45) is 2.84. The maximum absolute atomic E-state index is 2.65. The molecule has 0 amide bonds. The van der Waals surface area contributed by atoms with Crippen molar-refractivity contribution < 1.29 is 0 Å². The Morgan fingerprint density at radius 1 is 1.40 bits per heavy atom. The molecule has 0 aromatic heterocycles. The van der Waals surface area contributed by atoms with Crippen LogP contribution in [0.25, 0.3) is 0 Å². The zero-order valence-electron chi connectivity index (χ0n) is 7.22. The molecule has 0 aliphatic carbocycles. The topological polar surface area (TPSA) is 3.24 Å². The van der Waals surface area contributed by atoms with Crippen LogP contribution in [0.4, 0.5) is 0 Å². The zero-order valence-corrected chi connectivity index (χ0v) is 7.22. The number of fused-ring (bicyclic) bond motifs is 1. The predicted octanol–water partition coefficient (Wildman–Crippen LogP) is 1.88. The fourth-order valence-corrected chi connectivity index (χ4v) is 2.79. The van der Waals surface area contributed by atoms with Gasteiger partial charge < -0.3 is 0 Å². The molecular weight excluding hydrogens is 122 g/mol. The second-order valence-electron chi connectivity index (χ2n) is 4.58. The molecule has 2 atom stereocenters. The van der Waals surface area contributed by atoms with Gasteiger partial charge in [-0.1, -0.05) is 13.8 Å². The van der Waals surface area contributed by atoms with Crippen LogP contribution in [-0.2, 0) is 0 Å². The largest absolute Gasteiger partial charge is 0.297 e. The van der Waals surface area contributed by atoms with Gasteiger partial charge in [-0.3, -0.25) is 4.90 Å². The van der Waals surface area contributed by atoms with Crippen molar-refractivity contribution in [2.75, 3.05) is 6.54 Å². The summed E-state index contributed by atoms with van der Waals surface area (Å²) >= 11 is 0. The Morgan fingerprint density at radius 3 is 2.30 bits per heavy atom. The van der Waals surface area contributed by atoms with E-state index < -0.39 is 0 Å². The molecule has 10 heavy (non-hydrogen) atoms. The summed E-state index contributed by atoms with van der Waals surface area (Å²) in [5.41, 5.74) is 0.609. The summed E-state index contributed by atoms with van der Waals surface area (Å²) in [7, 11) is 0. The number of rotatable bonds is 0. The minimum absolute atomic E-state index is 0.609. The molecule has 0 aromatic rings. The molecule has 1 heteroatoms. The van der Waals surface area contributed by atoms with E-state index in [4.69, 9.17) is 0 Å². The first-order valence-electron chi connectivity index (χ1n) is 4.37. The third-order valence-corrected chi connectivity index (χ3v) is 3.35. The van der Waals surface area contributed by atoms with E-state index in [1.165, 1.54) is 19.4 Å². The van der Waals surface area contributed by atoms with Gasteiger partial charge in [-0.25, -0.2) is 0 Å². The fraction of sp³-hybridized carbons (Fsp3) is 1.00. The highest BCUT2D eigenvalue weighted by atomic mass is 15.3. The predicted molar refractivity (Wildman–Crippen MR) is 43.0 cm³/mol. The lowest BCUT2D eigenvalue weighted by molar-refractivity contribution is 0.0601. The first kappa shape index (κ1) is 6.66. The van der Waals surface area contributed by atoms with Crippen molar-refractivity contribution in [2.45, 2.75) is 45.7 Å². The molecule has 2 saturated heterocycles. The van der Waals surface area contributed by atoms with Crippen molar-refractivity contribution in [3.63, 3.8) is 0 Å². The van der Waals surface area contributed by atoms with Gasteiger partial charge in [0.05, 0.1) is 0 Å². The standard InChI is InChI=1S/C9H17N/c1-7-6-9(2,3)8-4-5-10(7)8/h7-8H,4-6H2,1-3H3. The van der Waals surface area contributed by atoms with Crippen LogP contribution in [0.2, 0.25) is 0 Å². The van der Waals surface area contributed by atoms with E-state index in [2.05, 4.69) is 25.7 Å². The smallest absolute Gasteiger partial charge is 0.0162 e. The lowest BCUT2D eigenvalue weighted by Gasteiger charge is -2.42. The highest BCUT2D eigenvalue weighted by Crippen LogP contribution is 2.46. The Morgan fingerprint density at radius 2 is 2.10 bits per heavy atom. The Bertz CT molecular complexity index is 151. The quantitative estimate of drug-likeness (QED) is 0.495. The van der Waals surface area contributed by atoms with Crippen molar-refractivity contribution >= 4 is 0 Å². The summed E-state index contributed by atoms with van der Waals surface area (Å²) in [4.78, 5) is 2.65. The number of hydrogen-bond acceptors (Lipinski definition) is 1. The number of nitrogens with zero attached hydrogens (tertiary/aromatic N) is 1. The second-order valence-corrected chi connectivity index (χ2v) is 4.58. The summed E-state index contributed by atoms with van der Waals surface area (Å²) in [6.45, 7) is 8.54. The lowest BCUT2D eigenvalue weighted by atomic mass is 9.80. The van der Waals surface area contributed by atoms with Gasteiger partial charge >= 0.3 is 0 Å². The first-order valence-corrected chi connectivity index (χ1v) is 4.37. The third-order valence-electron chi connectivity index (χ3n) is 3.35. The van der Waals surface area contributed by atoms with Crippen molar-refractivity contribution in [3.8, 4) is 0 Å². The van der Waals surface area contributed by atoms with Crippen molar-refractivity contribution in [3.05, 3.63) is 0 Å². The average Bonchev–Trinajstić information content (AvgIpc) is 1.66. The highest BCUT2D eigenvalue weighted by Gasteiger charge is 2.48. The van der Waals surface area contributed by atoms with Gasteiger partial charge in [0.1, 0.15) is 0 Å². The van der Waals surface area contributed by atoms with Gasteiger partial charge in [0.15, 0.2) is 0 Å². The van der Waals surface area contributed by atoms with Crippen LogP contribution in [0.15, 0.2) is 0 Å². The van der Waals surface area contributed by atoms with Crippen LogP contribution in [0.1, 0.15) is 33.6 Å². The molecule has 0 bridgehead atoms. The van der Waals surface area contributed by atoms with E-state index in [-0.39, 0.29) is 0 Å². The Kier molecular flexibility index (Phi) is 1.17. The Balaban J connectivity index is 2.17. The summed E-state index contributed by atoms with van der Waals surface area (Å²) in [5.74, 6) is 0. The Labute approximate surface area is 63.4 Å². The van der Waals surface area contributed by atoms with Gasteiger partial charge in [-0.15, -0.1) is 0 Å². The van der Waals surface area contributed by atoms with E-state index in [0.29, 0.717) is 5.41 Å². The minimum Gasteiger partial charge on any atom is -0.297 e. The van der Waals surface area contributed by atoms with E-state index in [1.54, 1.807) is 0 Å². The Hall–Kier alpha value is -0.0400. The van der Waals surface area contributed by atoms with Crippen LogP contribution >= 0.6 is 0 Å². The van der Waals surface area contributed by atoms with Gasteiger partial charge in [-0.2, -0.15) is 0 Å². The number of hydrogen-bond donors (Lipinski definition) is 0. The third kappa shape index (κ3) is 0.672.